The van der Waals surface area contributed by atoms with Gasteiger partial charge in [0.1, 0.15) is 16.9 Å². The van der Waals surface area contributed by atoms with Crippen LogP contribution in [0.5, 0.6) is 0 Å². The largest absolute Gasteiger partial charge is 0.507 e. The third-order valence-electron chi connectivity index (χ3n) is 6.30. The zero-order chi connectivity index (χ0) is 23.5. The van der Waals surface area contributed by atoms with Crippen molar-refractivity contribution in [3.05, 3.63) is 94.5 Å². The van der Waals surface area contributed by atoms with E-state index >= 15 is 0 Å². The fourth-order valence-corrected chi connectivity index (χ4v) is 4.53. The van der Waals surface area contributed by atoms with E-state index in [-0.39, 0.29) is 11.1 Å². The number of benzene rings is 2. The van der Waals surface area contributed by atoms with Crippen molar-refractivity contribution < 1.29 is 29.0 Å². The summed E-state index contributed by atoms with van der Waals surface area (Å²) in [5, 5.41) is 12.7. The lowest BCUT2D eigenvalue weighted by atomic mass is 9.74. The molecule has 1 atom stereocenters. The zero-order valence-electron chi connectivity index (χ0n) is 18.5. The standard InChI is InChI=1S/C27H22O6/c1-26(2)13-18-11-20-23(25(31)33-27(20,3)24(30)19(18)14-32-26)22(29)12-21(28)17-9-8-15-6-4-5-7-16(15)10-17/h4-12,14,29H,13H2,1-3H3. The average Bonchev–Trinajstić information content (AvgIpc) is 3.03. The molecule has 0 saturated carbocycles. The smallest absolute Gasteiger partial charge is 0.343 e. The number of allylic oxidation sites excluding steroid dienone is 1. The average molecular weight is 442 g/mol. The van der Waals surface area contributed by atoms with Crippen LogP contribution in [0, 0.1) is 0 Å². The van der Waals surface area contributed by atoms with Crippen molar-refractivity contribution >= 4 is 28.3 Å². The Balaban J connectivity index is 1.58. The van der Waals surface area contributed by atoms with Gasteiger partial charge in [0.25, 0.3) is 0 Å². The van der Waals surface area contributed by atoms with E-state index in [1.54, 1.807) is 18.2 Å². The highest BCUT2D eigenvalue weighted by Gasteiger charge is 2.54. The van der Waals surface area contributed by atoms with Crippen LogP contribution in [0.15, 0.2) is 88.9 Å². The van der Waals surface area contributed by atoms with Crippen LogP contribution in [0.1, 0.15) is 37.6 Å². The van der Waals surface area contributed by atoms with Crippen LogP contribution in [0.3, 0.4) is 0 Å². The molecule has 0 amide bonds. The number of hydrogen-bond donors (Lipinski definition) is 1. The van der Waals surface area contributed by atoms with E-state index < -0.39 is 34.5 Å². The number of rotatable bonds is 3. The van der Waals surface area contributed by atoms with Crippen molar-refractivity contribution in [3.8, 4) is 0 Å². The first-order valence-corrected chi connectivity index (χ1v) is 10.6. The molecule has 2 aromatic rings. The van der Waals surface area contributed by atoms with Crippen LogP contribution >= 0.6 is 0 Å². The van der Waals surface area contributed by atoms with Crippen LogP contribution in [-0.4, -0.2) is 33.8 Å². The number of aliphatic hydroxyl groups excluding tert-OH is 1. The van der Waals surface area contributed by atoms with Gasteiger partial charge in [-0.15, -0.1) is 0 Å². The SMILES string of the molecule is CC1(C)CC2=CC3=C(C(O)=CC(=O)c4ccc5ccccc5c4)C(=O)OC3(C)C(=O)C2=CO1. The molecule has 166 valence electrons. The Morgan fingerprint density at radius 2 is 1.79 bits per heavy atom. The Bertz CT molecular complexity index is 1380. The molecule has 0 fully saturated rings. The summed E-state index contributed by atoms with van der Waals surface area (Å²) in [5.74, 6) is -2.25. The van der Waals surface area contributed by atoms with Gasteiger partial charge in [-0.1, -0.05) is 36.4 Å². The second-order valence-electron chi connectivity index (χ2n) is 9.25. The Labute approximate surface area is 190 Å². The number of hydrogen-bond acceptors (Lipinski definition) is 6. The topological polar surface area (TPSA) is 89.9 Å². The maximum absolute atomic E-state index is 13.2. The van der Waals surface area contributed by atoms with E-state index in [4.69, 9.17) is 9.47 Å². The first kappa shape index (κ1) is 20.9. The molecule has 5 rings (SSSR count). The van der Waals surface area contributed by atoms with E-state index in [0.29, 0.717) is 23.1 Å². The van der Waals surface area contributed by atoms with Crippen molar-refractivity contribution in [1.82, 2.24) is 0 Å². The minimum Gasteiger partial charge on any atom is -0.507 e. The molecule has 1 N–H and O–H groups in total. The van der Waals surface area contributed by atoms with Crippen molar-refractivity contribution in [2.24, 2.45) is 0 Å². The molecule has 1 aliphatic carbocycles. The quantitative estimate of drug-likeness (QED) is 0.322. The fourth-order valence-electron chi connectivity index (χ4n) is 4.53. The van der Waals surface area contributed by atoms with Crippen molar-refractivity contribution in [3.63, 3.8) is 0 Å². The first-order chi connectivity index (χ1) is 15.6. The molecular weight excluding hydrogens is 420 g/mol. The Morgan fingerprint density at radius 1 is 1.06 bits per heavy atom. The van der Waals surface area contributed by atoms with Gasteiger partial charge in [0.15, 0.2) is 11.4 Å². The molecule has 1 unspecified atom stereocenters. The molecule has 0 radical (unpaired) electrons. The summed E-state index contributed by atoms with van der Waals surface area (Å²) in [7, 11) is 0. The summed E-state index contributed by atoms with van der Waals surface area (Å²) >= 11 is 0. The van der Waals surface area contributed by atoms with Crippen LogP contribution in [0.25, 0.3) is 10.8 Å². The molecule has 0 saturated heterocycles. The Kier molecular flexibility index (Phi) is 4.47. The van der Waals surface area contributed by atoms with Gasteiger partial charge in [0.05, 0.1) is 11.8 Å². The summed E-state index contributed by atoms with van der Waals surface area (Å²) < 4.78 is 11.1. The molecule has 33 heavy (non-hydrogen) atoms. The van der Waals surface area contributed by atoms with Crippen LogP contribution in [0.2, 0.25) is 0 Å². The molecule has 6 heteroatoms. The van der Waals surface area contributed by atoms with Crippen molar-refractivity contribution in [2.45, 2.75) is 38.4 Å². The van der Waals surface area contributed by atoms with E-state index in [2.05, 4.69) is 0 Å². The number of ketones is 2. The minimum absolute atomic E-state index is 0.171. The maximum atomic E-state index is 13.2. The molecule has 2 aliphatic heterocycles. The Hall–Kier alpha value is -3.93. The van der Waals surface area contributed by atoms with E-state index in [9.17, 15) is 19.5 Å². The van der Waals surface area contributed by atoms with Gasteiger partial charge >= 0.3 is 5.97 Å². The molecular formula is C27H22O6. The molecule has 2 heterocycles. The van der Waals surface area contributed by atoms with Gasteiger partial charge in [-0.05, 0) is 49.3 Å². The normalized spacial score (nSPS) is 23.9. The van der Waals surface area contributed by atoms with Crippen molar-refractivity contribution in [1.29, 1.82) is 0 Å². The number of Topliss-reactive ketones (excluding diaryl/α,β-unsaturated/α-hetero) is 1. The highest BCUT2D eigenvalue weighted by molar-refractivity contribution is 6.16. The van der Waals surface area contributed by atoms with Gasteiger partial charge in [0, 0.05) is 23.6 Å². The summed E-state index contributed by atoms with van der Waals surface area (Å²) in [6.45, 7) is 5.27. The van der Waals surface area contributed by atoms with Gasteiger partial charge in [-0.25, -0.2) is 4.79 Å². The third-order valence-corrected chi connectivity index (χ3v) is 6.30. The lowest BCUT2D eigenvalue weighted by Crippen LogP contribution is -2.43. The molecule has 0 spiro atoms. The highest BCUT2D eigenvalue weighted by Crippen LogP contribution is 2.46. The zero-order valence-corrected chi connectivity index (χ0v) is 18.5. The maximum Gasteiger partial charge on any atom is 0.343 e. The van der Waals surface area contributed by atoms with Gasteiger partial charge in [-0.2, -0.15) is 0 Å². The van der Waals surface area contributed by atoms with Gasteiger partial charge in [-0.3, -0.25) is 9.59 Å². The summed E-state index contributed by atoms with van der Waals surface area (Å²) in [4.78, 5) is 38.8. The summed E-state index contributed by atoms with van der Waals surface area (Å²) in [6, 6.07) is 12.8. The molecule has 2 aromatic carbocycles. The molecule has 6 nitrogen and oxygen atoms in total. The van der Waals surface area contributed by atoms with Gasteiger partial charge < -0.3 is 14.6 Å². The van der Waals surface area contributed by atoms with Gasteiger partial charge in [0.2, 0.25) is 5.78 Å². The molecule has 3 aliphatic rings. The second kappa shape index (κ2) is 7.04. The third kappa shape index (κ3) is 3.30. The van der Waals surface area contributed by atoms with E-state index in [1.807, 2.05) is 44.2 Å². The highest BCUT2D eigenvalue weighted by atomic mass is 16.6. The lowest BCUT2D eigenvalue weighted by molar-refractivity contribution is -0.153. The lowest BCUT2D eigenvalue weighted by Gasteiger charge is -2.37. The number of carbonyl (C=O) groups excluding carboxylic acids is 3. The van der Waals surface area contributed by atoms with E-state index in [1.165, 1.54) is 13.2 Å². The summed E-state index contributed by atoms with van der Waals surface area (Å²) in [5.41, 5.74) is -0.594. The number of ether oxygens (including phenoxy) is 2. The fraction of sp³-hybridized carbons (Fsp3) is 0.222. The minimum atomic E-state index is -1.58. The number of esters is 1. The Morgan fingerprint density at radius 3 is 2.55 bits per heavy atom. The van der Waals surface area contributed by atoms with Crippen LogP contribution in [-0.2, 0) is 19.1 Å². The summed E-state index contributed by atoms with van der Waals surface area (Å²) in [6.07, 6.45) is 4.56. The van der Waals surface area contributed by atoms with E-state index in [0.717, 1.165) is 16.8 Å². The molecule has 0 aromatic heterocycles. The number of fused-ring (bicyclic) bond motifs is 3. The van der Waals surface area contributed by atoms with Crippen LogP contribution < -0.4 is 0 Å². The first-order valence-electron chi connectivity index (χ1n) is 10.6. The predicted octanol–water partition coefficient (Wildman–Crippen LogP) is 4.67. The second-order valence-corrected chi connectivity index (χ2v) is 9.25. The number of carbonyl (C=O) groups is 3. The van der Waals surface area contributed by atoms with Crippen LogP contribution in [0.4, 0.5) is 0 Å². The molecule has 0 bridgehead atoms. The monoisotopic (exact) mass is 442 g/mol. The predicted molar refractivity (Wildman–Crippen MR) is 121 cm³/mol. The number of aliphatic hydroxyl groups is 1. The van der Waals surface area contributed by atoms with Crippen molar-refractivity contribution in [2.75, 3.05) is 0 Å².